The summed E-state index contributed by atoms with van der Waals surface area (Å²) >= 11 is 3.33. The van der Waals surface area contributed by atoms with Crippen molar-refractivity contribution in [2.24, 2.45) is 0 Å². The van der Waals surface area contributed by atoms with Crippen LogP contribution in [0.1, 0.15) is 24.2 Å². The molecule has 0 bridgehead atoms. The van der Waals surface area contributed by atoms with Crippen LogP contribution in [0.25, 0.3) is 0 Å². The van der Waals surface area contributed by atoms with E-state index >= 15 is 0 Å². The molecule has 2 aromatic carbocycles. The van der Waals surface area contributed by atoms with E-state index in [9.17, 15) is 9.50 Å². The van der Waals surface area contributed by atoms with Crippen LogP contribution >= 0.6 is 15.9 Å². The normalized spacial score (nSPS) is 11.8. The monoisotopic (exact) mass is 335 g/mol. The molecule has 1 N–H and O–H groups in total. The highest BCUT2D eigenvalue weighted by molar-refractivity contribution is 9.10. The third-order valence-corrected chi connectivity index (χ3v) is 3.37. The van der Waals surface area contributed by atoms with Crippen LogP contribution in [0.15, 0.2) is 40.9 Å². The number of hydrogen-bond acceptors (Lipinski definition) is 3. The van der Waals surface area contributed by atoms with Crippen LogP contribution in [0.5, 0.6) is 11.5 Å². The highest BCUT2D eigenvalue weighted by Crippen LogP contribution is 2.33. The zero-order valence-electron chi connectivity index (χ0n) is 10.6. The molecule has 0 saturated carbocycles. The zero-order valence-corrected chi connectivity index (χ0v) is 12.2. The largest absolute Gasteiger partial charge is 0.455 e. The lowest BCUT2D eigenvalue weighted by atomic mass is 10.1. The van der Waals surface area contributed by atoms with Gasteiger partial charge in [0.1, 0.15) is 28.9 Å². The number of nitriles is 1. The summed E-state index contributed by atoms with van der Waals surface area (Å²) in [5.41, 5.74) is 0.586. The molecule has 20 heavy (non-hydrogen) atoms. The predicted octanol–water partition coefficient (Wildman–Crippen LogP) is 4.31. The van der Waals surface area contributed by atoms with Gasteiger partial charge in [0, 0.05) is 0 Å². The Morgan fingerprint density at radius 3 is 2.65 bits per heavy atom. The summed E-state index contributed by atoms with van der Waals surface area (Å²) in [4.78, 5) is 0. The first-order valence-corrected chi connectivity index (χ1v) is 6.66. The van der Waals surface area contributed by atoms with Crippen molar-refractivity contribution in [2.45, 2.75) is 13.0 Å². The Balaban J connectivity index is 2.36. The summed E-state index contributed by atoms with van der Waals surface area (Å²) in [5.74, 6) is -0.0313. The maximum atomic E-state index is 13.5. The van der Waals surface area contributed by atoms with Gasteiger partial charge in [-0.3, -0.25) is 0 Å². The van der Waals surface area contributed by atoms with E-state index < -0.39 is 11.9 Å². The van der Waals surface area contributed by atoms with Crippen molar-refractivity contribution in [3.05, 3.63) is 57.8 Å². The van der Waals surface area contributed by atoms with Crippen LogP contribution in [0.4, 0.5) is 4.39 Å². The van der Waals surface area contributed by atoms with E-state index in [2.05, 4.69) is 15.9 Å². The zero-order chi connectivity index (χ0) is 14.7. The van der Waals surface area contributed by atoms with Crippen molar-refractivity contribution < 1.29 is 14.2 Å². The predicted molar refractivity (Wildman–Crippen MR) is 76.0 cm³/mol. The minimum atomic E-state index is -0.623. The standard InChI is InChI=1S/C15H11BrFNO2/c1-9(19)10-5-6-15(12(16)7-10)20-14-4-2-3-13(17)11(14)8-18/h2-7,9,19H,1H3. The number of aliphatic hydroxyl groups excluding tert-OH is 1. The minimum Gasteiger partial charge on any atom is -0.455 e. The van der Waals surface area contributed by atoms with E-state index in [4.69, 9.17) is 10.00 Å². The van der Waals surface area contributed by atoms with Crippen molar-refractivity contribution in [3.8, 4) is 17.6 Å². The molecule has 1 atom stereocenters. The quantitative estimate of drug-likeness (QED) is 0.909. The van der Waals surface area contributed by atoms with Crippen LogP contribution in [-0.2, 0) is 0 Å². The summed E-state index contributed by atoms with van der Waals surface area (Å²) in [6.07, 6.45) is -0.593. The number of aliphatic hydroxyl groups is 1. The third kappa shape index (κ3) is 2.98. The van der Waals surface area contributed by atoms with Gasteiger partial charge >= 0.3 is 0 Å². The van der Waals surface area contributed by atoms with E-state index in [0.29, 0.717) is 10.2 Å². The molecule has 102 valence electrons. The Morgan fingerprint density at radius 2 is 2.05 bits per heavy atom. The summed E-state index contributed by atoms with van der Waals surface area (Å²) in [5, 5.41) is 18.4. The van der Waals surface area contributed by atoms with Gasteiger partial charge in [0.15, 0.2) is 0 Å². The van der Waals surface area contributed by atoms with Crippen LogP contribution in [0.2, 0.25) is 0 Å². The lowest BCUT2D eigenvalue weighted by molar-refractivity contribution is 0.199. The van der Waals surface area contributed by atoms with Crippen molar-refractivity contribution in [3.63, 3.8) is 0 Å². The Morgan fingerprint density at radius 1 is 1.30 bits per heavy atom. The third-order valence-electron chi connectivity index (χ3n) is 2.75. The summed E-state index contributed by atoms with van der Waals surface area (Å²) < 4.78 is 19.6. The molecule has 0 aromatic heterocycles. The average Bonchev–Trinajstić information content (AvgIpc) is 2.41. The van der Waals surface area contributed by atoms with Crippen LogP contribution in [-0.4, -0.2) is 5.11 Å². The molecule has 2 aromatic rings. The Bertz CT molecular complexity index is 680. The molecule has 1 unspecified atom stereocenters. The minimum absolute atomic E-state index is 0.140. The van der Waals surface area contributed by atoms with Crippen LogP contribution in [0, 0.1) is 17.1 Å². The maximum Gasteiger partial charge on any atom is 0.148 e. The van der Waals surface area contributed by atoms with Crippen molar-refractivity contribution in [2.75, 3.05) is 0 Å². The fourth-order valence-corrected chi connectivity index (χ4v) is 2.15. The molecule has 3 nitrogen and oxygen atoms in total. The maximum absolute atomic E-state index is 13.5. The molecule has 0 spiro atoms. The molecular formula is C15H11BrFNO2. The summed E-state index contributed by atoms with van der Waals surface area (Å²) in [6.45, 7) is 1.66. The second kappa shape index (κ2) is 6.04. The van der Waals surface area contributed by atoms with Gasteiger partial charge in [-0.1, -0.05) is 12.1 Å². The highest BCUT2D eigenvalue weighted by atomic mass is 79.9. The first-order chi connectivity index (χ1) is 9.52. The summed E-state index contributed by atoms with van der Waals surface area (Å²) in [6, 6.07) is 11.1. The van der Waals surface area contributed by atoms with E-state index in [0.717, 1.165) is 5.56 Å². The van der Waals surface area contributed by atoms with Gasteiger partial charge in [-0.05, 0) is 52.7 Å². The molecule has 0 fully saturated rings. The highest BCUT2D eigenvalue weighted by Gasteiger charge is 2.12. The molecule has 0 aliphatic rings. The lowest BCUT2D eigenvalue weighted by Gasteiger charge is -2.11. The smallest absolute Gasteiger partial charge is 0.148 e. The molecule has 0 amide bonds. The summed E-state index contributed by atoms with van der Waals surface area (Å²) in [7, 11) is 0. The van der Waals surface area contributed by atoms with Crippen LogP contribution in [0.3, 0.4) is 0 Å². The molecule has 0 heterocycles. The van der Waals surface area contributed by atoms with Gasteiger partial charge in [0.25, 0.3) is 0 Å². The second-order valence-electron chi connectivity index (χ2n) is 4.19. The van der Waals surface area contributed by atoms with Gasteiger partial charge in [-0.25, -0.2) is 4.39 Å². The number of hydrogen-bond donors (Lipinski definition) is 1. The number of benzene rings is 2. The Kier molecular flexibility index (Phi) is 4.38. The Labute approximate surface area is 124 Å². The van der Waals surface area contributed by atoms with Gasteiger partial charge in [0.2, 0.25) is 0 Å². The number of nitrogens with zero attached hydrogens (tertiary/aromatic N) is 1. The molecule has 0 radical (unpaired) electrons. The van der Waals surface area contributed by atoms with Gasteiger partial charge < -0.3 is 9.84 Å². The molecule has 5 heteroatoms. The number of rotatable bonds is 3. The molecule has 0 saturated heterocycles. The fraction of sp³-hybridized carbons (Fsp3) is 0.133. The van der Waals surface area contributed by atoms with Crippen molar-refractivity contribution in [1.29, 1.82) is 5.26 Å². The first kappa shape index (κ1) is 14.5. The SMILES string of the molecule is CC(O)c1ccc(Oc2cccc(F)c2C#N)c(Br)c1. The van der Waals surface area contributed by atoms with Crippen molar-refractivity contribution in [1.82, 2.24) is 0 Å². The number of ether oxygens (including phenoxy) is 1. The molecule has 0 aliphatic heterocycles. The Hall–Kier alpha value is -1.90. The molecular weight excluding hydrogens is 325 g/mol. The van der Waals surface area contributed by atoms with E-state index in [1.165, 1.54) is 18.2 Å². The first-order valence-electron chi connectivity index (χ1n) is 5.87. The topological polar surface area (TPSA) is 53.2 Å². The van der Waals surface area contributed by atoms with E-state index in [1.807, 2.05) is 0 Å². The molecule has 2 rings (SSSR count). The van der Waals surface area contributed by atoms with Crippen LogP contribution < -0.4 is 4.74 Å². The second-order valence-corrected chi connectivity index (χ2v) is 5.05. The van der Waals surface area contributed by atoms with Gasteiger partial charge in [-0.15, -0.1) is 0 Å². The fourth-order valence-electron chi connectivity index (χ4n) is 1.68. The molecule has 0 aliphatic carbocycles. The van der Waals surface area contributed by atoms with Gasteiger partial charge in [-0.2, -0.15) is 5.26 Å². The van der Waals surface area contributed by atoms with E-state index in [-0.39, 0.29) is 11.3 Å². The number of halogens is 2. The van der Waals surface area contributed by atoms with E-state index in [1.54, 1.807) is 31.2 Å². The van der Waals surface area contributed by atoms with Gasteiger partial charge in [0.05, 0.1) is 10.6 Å². The van der Waals surface area contributed by atoms with Crippen molar-refractivity contribution >= 4 is 15.9 Å². The average molecular weight is 336 g/mol. The lowest BCUT2D eigenvalue weighted by Crippen LogP contribution is -1.94.